The van der Waals surface area contributed by atoms with E-state index in [1.807, 2.05) is 0 Å². The van der Waals surface area contributed by atoms with E-state index in [1.165, 1.54) is 0 Å². The van der Waals surface area contributed by atoms with Crippen LogP contribution < -0.4 is 10.6 Å². The van der Waals surface area contributed by atoms with Crippen LogP contribution in [0.15, 0.2) is 36.4 Å². The Balaban J connectivity index is 1.90. The number of aromatic nitrogens is 2. The lowest BCUT2D eigenvalue weighted by atomic mass is 10.1. The summed E-state index contributed by atoms with van der Waals surface area (Å²) in [6.45, 7) is 5.19. The molecule has 0 unspecified atom stereocenters. The molecule has 0 aliphatic heterocycles. The minimum absolute atomic E-state index is 0.244. The molecule has 0 atom stereocenters. The molecule has 22 heavy (non-hydrogen) atoms. The number of carbonyl (C=O) groups is 1. The Morgan fingerprint density at radius 3 is 2.32 bits per heavy atom. The van der Waals surface area contributed by atoms with Gasteiger partial charge in [-0.2, -0.15) is 0 Å². The number of hydrogen-bond donors (Lipinski definition) is 2. The maximum atomic E-state index is 12.0. The van der Waals surface area contributed by atoms with E-state index < -0.39 is 0 Å². The van der Waals surface area contributed by atoms with Gasteiger partial charge in [-0.1, -0.05) is 25.4 Å². The van der Waals surface area contributed by atoms with E-state index in [4.69, 9.17) is 11.6 Å². The third-order valence-corrected chi connectivity index (χ3v) is 3.29. The van der Waals surface area contributed by atoms with Gasteiger partial charge in [0.05, 0.1) is 0 Å². The van der Waals surface area contributed by atoms with Crippen LogP contribution in [0.2, 0.25) is 5.02 Å². The molecule has 6 heteroatoms. The molecule has 1 amide bonds. The summed E-state index contributed by atoms with van der Waals surface area (Å²) in [5.41, 5.74) is 0.519. The van der Waals surface area contributed by atoms with Gasteiger partial charge in [-0.05, 0) is 48.7 Å². The van der Waals surface area contributed by atoms with Crippen LogP contribution in [0.4, 0.5) is 11.6 Å². The highest BCUT2D eigenvalue weighted by molar-refractivity contribution is 6.30. The number of amides is 1. The number of benzene rings is 1. The second-order valence-electron chi connectivity index (χ2n) is 5.37. The molecular weight excluding hydrogens is 300 g/mol. The normalized spacial score (nSPS) is 10.5. The van der Waals surface area contributed by atoms with Gasteiger partial charge in [-0.25, -0.2) is 0 Å². The summed E-state index contributed by atoms with van der Waals surface area (Å²) in [5, 5.41) is 14.5. The van der Waals surface area contributed by atoms with Crippen molar-refractivity contribution < 1.29 is 4.79 Å². The van der Waals surface area contributed by atoms with Crippen molar-refractivity contribution in [2.45, 2.75) is 20.3 Å². The topological polar surface area (TPSA) is 66.9 Å². The molecule has 0 spiro atoms. The maximum Gasteiger partial charge on any atom is 0.256 e. The van der Waals surface area contributed by atoms with Gasteiger partial charge in [0.15, 0.2) is 5.82 Å². The zero-order chi connectivity index (χ0) is 15.9. The van der Waals surface area contributed by atoms with Crippen molar-refractivity contribution >= 4 is 29.1 Å². The monoisotopic (exact) mass is 318 g/mol. The highest BCUT2D eigenvalue weighted by Gasteiger charge is 2.07. The molecule has 0 fully saturated rings. The first-order chi connectivity index (χ1) is 10.5. The molecular formula is C16H19ClN4O. The number of rotatable bonds is 6. The molecule has 2 rings (SSSR count). The zero-order valence-electron chi connectivity index (χ0n) is 12.6. The number of anilines is 2. The van der Waals surface area contributed by atoms with Crippen LogP contribution in [0.3, 0.4) is 0 Å². The van der Waals surface area contributed by atoms with Crippen molar-refractivity contribution in [1.82, 2.24) is 10.2 Å². The Labute approximate surface area is 135 Å². The smallest absolute Gasteiger partial charge is 0.256 e. The number of halogens is 1. The molecule has 2 N–H and O–H groups in total. The number of nitrogens with one attached hydrogen (secondary N) is 2. The summed E-state index contributed by atoms with van der Waals surface area (Å²) in [6.07, 6.45) is 1.07. The predicted octanol–water partition coefficient (Wildman–Crippen LogP) is 3.84. The van der Waals surface area contributed by atoms with Gasteiger partial charge >= 0.3 is 0 Å². The average molecular weight is 319 g/mol. The van der Waals surface area contributed by atoms with Crippen molar-refractivity contribution in [3.63, 3.8) is 0 Å². The first kappa shape index (κ1) is 16.2. The Morgan fingerprint density at radius 2 is 1.73 bits per heavy atom. The van der Waals surface area contributed by atoms with Crippen LogP contribution in [-0.4, -0.2) is 22.6 Å². The average Bonchev–Trinajstić information content (AvgIpc) is 2.49. The fourth-order valence-electron chi connectivity index (χ4n) is 1.77. The van der Waals surface area contributed by atoms with Gasteiger partial charge in [0.1, 0.15) is 5.82 Å². The van der Waals surface area contributed by atoms with Gasteiger partial charge in [-0.15, -0.1) is 10.2 Å². The highest BCUT2D eigenvalue weighted by atomic mass is 35.5. The molecule has 1 aromatic heterocycles. The maximum absolute atomic E-state index is 12.0. The largest absolute Gasteiger partial charge is 0.369 e. The summed E-state index contributed by atoms with van der Waals surface area (Å²) in [4.78, 5) is 12.0. The molecule has 0 saturated heterocycles. The fourth-order valence-corrected chi connectivity index (χ4v) is 1.90. The van der Waals surface area contributed by atoms with Gasteiger partial charge in [-0.3, -0.25) is 4.79 Å². The van der Waals surface area contributed by atoms with Crippen LogP contribution in [-0.2, 0) is 0 Å². The second-order valence-corrected chi connectivity index (χ2v) is 5.81. The SMILES string of the molecule is CC(C)CCNc1ccc(NC(=O)c2ccc(Cl)cc2)nn1. The van der Waals surface area contributed by atoms with Gasteiger partial charge in [0.2, 0.25) is 0 Å². The van der Waals surface area contributed by atoms with Gasteiger partial charge in [0.25, 0.3) is 5.91 Å². The minimum Gasteiger partial charge on any atom is -0.369 e. The van der Waals surface area contributed by atoms with Crippen LogP contribution in [0.1, 0.15) is 30.6 Å². The molecule has 2 aromatic rings. The first-order valence-corrected chi connectivity index (χ1v) is 7.57. The highest BCUT2D eigenvalue weighted by Crippen LogP contribution is 2.12. The van der Waals surface area contributed by atoms with Gasteiger partial charge < -0.3 is 10.6 Å². The number of hydrogen-bond acceptors (Lipinski definition) is 4. The first-order valence-electron chi connectivity index (χ1n) is 7.19. The van der Waals surface area contributed by atoms with E-state index in [-0.39, 0.29) is 5.91 Å². The standard InChI is InChI=1S/C16H19ClN4O/c1-11(2)9-10-18-14-7-8-15(21-20-14)19-16(22)12-3-5-13(17)6-4-12/h3-8,11H,9-10H2,1-2H3,(H,18,20)(H,19,21,22). The minimum atomic E-state index is -0.244. The summed E-state index contributed by atoms with van der Waals surface area (Å²) >= 11 is 5.79. The predicted molar refractivity (Wildman–Crippen MR) is 89.4 cm³/mol. The van der Waals surface area contributed by atoms with E-state index in [2.05, 4.69) is 34.7 Å². The van der Waals surface area contributed by atoms with Crippen molar-refractivity contribution in [1.29, 1.82) is 0 Å². The summed E-state index contributed by atoms with van der Waals surface area (Å²) in [7, 11) is 0. The Hall–Kier alpha value is -2.14. The fraction of sp³-hybridized carbons (Fsp3) is 0.312. The molecule has 0 bridgehead atoms. The van der Waals surface area contributed by atoms with E-state index >= 15 is 0 Å². The second kappa shape index (κ2) is 7.75. The van der Waals surface area contributed by atoms with Crippen molar-refractivity contribution in [2.75, 3.05) is 17.2 Å². The van der Waals surface area contributed by atoms with Crippen molar-refractivity contribution in [2.24, 2.45) is 5.92 Å². The third-order valence-electron chi connectivity index (χ3n) is 3.04. The lowest BCUT2D eigenvalue weighted by Gasteiger charge is -2.08. The molecule has 0 saturated carbocycles. The zero-order valence-corrected chi connectivity index (χ0v) is 13.4. The number of nitrogens with zero attached hydrogens (tertiary/aromatic N) is 2. The quantitative estimate of drug-likeness (QED) is 0.849. The summed E-state index contributed by atoms with van der Waals surface area (Å²) in [6, 6.07) is 10.2. The molecule has 5 nitrogen and oxygen atoms in total. The Kier molecular flexibility index (Phi) is 5.72. The third kappa shape index (κ3) is 5.00. The molecule has 1 aromatic carbocycles. The van der Waals surface area contributed by atoms with Crippen molar-refractivity contribution in [3.05, 3.63) is 47.0 Å². The van der Waals surface area contributed by atoms with Crippen LogP contribution in [0.5, 0.6) is 0 Å². The molecule has 0 aliphatic rings. The molecule has 0 radical (unpaired) electrons. The van der Waals surface area contributed by atoms with Crippen molar-refractivity contribution in [3.8, 4) is 0 Å². The van der Waals surface area contributed by atoms with Crippen LogP contribution in [0.25, 0.3) is 0 Å². The Morgan fingerprint density at radius 1 is 1.09 bits per heavy atom. The summed E-state index contributed by atoms with van der Waals surface area (Å²) < 4.78 is 0. The van der Waals surface area contributed by atoms with Crippen LogP contribution in [0, 0.1) is 5.92 Å². The lowest BCUT2D eigenvalue weighted by Crippen LogP contribution is -2.14. The van der Waals surface area contributed by atoms with E-state index in [0.717, 1.165) is 13.0 Å². The Bertz CT molecular complexity index is 611. The molecule has 0 aliphatic carbocycles. The van der Waals surface area contributed by atoms with E-state index in [0.29, 0.717) is 28.1 Å². The van der Waals surface area contributed by atoms with E-state index in [1.54, 1.807) is 36.4 Å². The number of carbonyl (C=O) groups excluding carboxylic acids is 1. The molecule has 116 valence electrons. The molecule has 1 heterocycles. The van der Waals surface area contributed by atoms with Gasteiger partial charge in [0, 0.05) is 17.1 Å². The van der Waals surface area contributed by atoms with E-state index in [9.17, 15) is 4.79 Å². The summed E-state index contributed by atoms with van der Waals surface area (Å²) in [5.74, 6) is 1.50. The lowest BCUT2D eigenvalue weighted by molar-refractivity contribution is 0.102. The van der Waals surface area contributed by atoms with Crippen LogP contribution >= 0.6 is 11.6 Å².